The Balaban J connectivity index is 2.64. The Bertz CT molecular complexity index is 317. The molecule has 0 radical (unpaired) electrons. The molecule has 0 saturated heterocycles. The smallest absolute Gasteiger partial charge is 0.261 e. The van der Waals surface area contributed by atoms with Gasteiger partial charge in [0.15, 0.2) is 0 Å². The van der Waals surface area contributed by atoms with E-state index < -0.39 is 0 Å². The Hall–Kier alpha value is -0.830. The van der Waals surface area contributed by atoms with Gasteiger partial charge in [-0.15, -0.1) is 11.3 Å². The Morgan fingerprint density at radius 2 is 2.07 bits per heavy atom. The van der Waals surface area contributed by atoms with Gasteiger partial charge in [0.1, 0.15) is 0 Å². The highest BCUT2D eigenvalue weighted by Crippen LogP contribution is 2.15. The van der Waals surface area contributed by atoms with Crippen LogP contribution in [0, 0.1) is 12.8 Å². The summed E-state index contributed by atoms with van der Waals surface area (Å²) in [5, 5.41) is 4.94. The second kappa shape index (κ2) is 4.60. The van der Waals surface area contributed by atoms with Crippen LogP contribution in [0.1, 0.15) is 36.0 Å². The maximum Gasteiger partial charge on any atom is 0.261 e. The Labute approximate surface area is 89.3 Å². The summed E-state index contributed by atoms with van der Waals surface area (Å²) < 4.78 is 0. The van der Waals surface area contributed by atoms with Crippen LogP contribution in [-0.4, -0.2) is 11.9 Å². The van der Waals surface area contributed by atoms with Crippen LogP contribution in [0.25, 0.3) is 0 Å². The first-order valence-electron chi connectivity index (χ1n) is 4.87. The van der Waals surface area contributed by atoms with Crippen molar-refractivity contribution < 1.29 is 4.79 Å². The SMILES string of the molecule is Cc1ccsc1C(=O)NC(C)C(C)C. The lowest BCUT2D eigenvalue weighted by molar-refractivity contribution is 0.0934. The number of hydrogen-bond acceptors (Lipinski definition) is 2. The molecule has 1 N–H and O–H groups in total. The molecule has 0 aromatic carbocycles. The first-order valence-corrected chi connectivity index (χ1v) is 5.75. The quantitative estimate of drug-likeness (QED) is 0.818. The zero-order valence-electron chi connectivity index (χ0n) is 9.13. The van der Waals surface area contributed by atoms with E-state index in [0.717, 1.165) is 10.4 Å². The molecule has 1 atom stereocenters. The van der Waals surface area contributed by atoms with Crippen LogP contribution in [0.5, 0.6) is 0 Å². The van der Waals surface area contributed by atoms with Gasteiger partial charge in [0.2, 0.25) is 0 Å². The Morgan fingerprint density at radius 3 is 2.50 bits per heavy atom. The van der Waals surface area contributed by atoms with Gasteiger partial charge in [-0.25, -0.2) is 0 Å². The third kappa shape index (κ3) is 2.58. The van der Waals surface area contributed by atoms with E-state index in [2.05, 4.69) is 19.2 Å². The first kappa shape index (κ1) is 11.2. The van der Waals surface area contributed by atoms with Crippen molar-refractivity contribution in [2.24, 2.45) is 5.92 Å². The third-order valence-electron chi connectivity index (χ3n) is 2.43. The third-order valence-corrected chi connectivity index (χ3v) is 3.44. The fourth-order valence-electron chi connectivity index (χ4n) is 1.04. The number of nitrogens with one attached hydrogen (secondary N) is 1. The fourth-order valence-corrected chi connectivity index (χ4v) is 1.87. The average molecular weight is 211 g/mol. The van der Waals surface area contributed by atoms with E-state index in [0.29, 0.717) is 5.92 Å². The van der Waals surface area contributed by atoms with Crippen LogP contribution in [0.3, 0.4) is 0 Å². The molecule has 1 rings (SSSR count). The van der Waals surface area contributed by atoms with Crippen molar-refractivity contribution in [3.8, 4) is 0 Å². The minimum Gasteiger partial charge on any atom is -0.349 e. The maximum atomic E-state index is 11.7. The second-order valence-corrected chi connectivity index (χ2v) is 4.86. The summed E-state index contributed by atoms with van der Waals surface area (Å²) >= 11 is 1.50. The lowest BCUT2D eigenvalue weighted by atomic mass is 10.1. The summed E-state index contributed by atoms with van der Waals surface area (Å²) in [6.45, 7) is 8.20. The number of aryl methyl sites for hydroxylation is 1. The highest BCUT2D eigenvalue weighted by atomic mass is 32.1. The van der Waals surface area contributed by atoms with Gasteiger partial charge in [0.25, 0.3) is 5.91 Å². The van der Waals surface area contributed by atoms with Crippen molar-refractivity contribution in [3.05, 3.63) is 21.9 Å². The summed E-state index contributed by atoms with van der Waals surface area (Å²) in [7, 11) is 0. The predicted molar refractivity (Wildman–Crippen MR) is 60.8 cm³/mol. The lowest BCUT2D eigenvalue weighted by Gasteiger charge is -2.16. The topological polar surface area (TPSA) is 29.1 Å². The first-order chi connectivity index (χ1) is 6.52. The Kier molecular flexibility index (Phi) is 3.69. The van der Waals surface area contributed by atoms with E-state index in [4.69, 9.17) is 0 Å². The highest BCUT2D eigenvalue weighted by Gasteiger charge is 2.14. The molecular formula is C11H17NOS. The van der Waals surface area contributed by atoms with E-state index >= 15 is 0 Å². The van der Waals surface area contributed by atoms with Crippen molar-refractivity contribution in [3.63, 3.8) is 0 Å². The molecule has 0 bridgehead atoms. The molecule has 1 aromatic heterocycles. The van der Waals surface area contributed by atoms with Crippen molar-refractivity contribution in [2.75, 3.05) is 0 Å². The number of carbonyl (C=O) groups excluding carboxylic acids is 1. The summed E-state index contributed by atoms with van der Waals surface area (Å²) in [5.41, 5.74) is 1.06. The molecule has 14 heavy (non-hydrogen) atoms. The molecule has 1 unspecified atom stereocenters. The minimum atomic E-state index is 0.0544. The zero-order valence-corrected chi connectivity index (χ0v) is 9.94. The Morgan fingerprint density at radius 1 is 1.43 bits per heavy atom. The van der Waals surface area contributed by atoms with E-state index in [9.17, 15) is 4.79 Å². The van der Waals surface area contributed by atoms with E-state index in [-0.39, 0.29) is 11.9 Å². The van der Waals surface area contributed by atoms with Gasteiger partial charge in [-0.1, -0.05) is 13.8 Å². The molecule has 0 saturated carbocycles. The number of rotatable bonds is 3. The van der Waals surface area contributed by atoms with Gasteiger partial charge in [0.05, 0.1) is 4.88 Å². The average Bonchev–Trinajstić information content (AvgIpc) is 2.51. The summed E-state index contributed by atoms with van der Waals surface area (Å²) in [4.78, 5) is 12.6. The molecular weight excluding hydrogens is 194 g/mol. The molecule has 0 spiro atoms. The molecule has 2 nitrogen and oxygen atoms in total. The molecule has 1 amide bonds. The van der Waals surface area contributed by atoms with Crippen LogP contribution >= 0.6 is 11.3 Å². The number of carbonyl (C=O) groups is 1. The number of amides is 1. The maximum absolute atomic E-state index is 11.7. The van der Waals surface area contributed by atoms with Gasteiger partial charge in [-0.05, 0) is 36.8 Å². The van der Waals surface area contributed by atoms with Crippen molar-refractivity contribution in [2.45, 2.75) is 33.7 Å². The van der Waals surface area contributed by atoms with Crippen LogP contribution in [0.4, 0.5) is 0 Å². The second-order valence-electron chi connectivity index (χ2n) is 3.94. The van der Waals surface area contributed by atoms with Crippen LogP contribution in [0.15, 0.2) is 11.4 Å². The molecule has 78 valence electrons. The standard InChI is InChI=1S/C11H17NOS/c1-7(2)9(4)12-11(13)10-8(3)5-6-14-10/h5-7,9H,1-4H3,(H,12,13). The molecule has 3 heteroatoms. The monoisotopic (exact) mass is 211 g/mol. The highest BCUT2D eigenvalue weighted by molar-refractivity contribution is 7.12. The van der Waals surface area contributed by atoms with Crippen molar-refractivity contribution in [1.82, 2.24) is 5.32 Å². The van der Waals surface area contributed by atoms with Gasteiger partial charge >= 0.3 is 0 Å². The number of hydrogen-bond donors (Lipinski definition) is 1. The minimum absolute atomic E-state index is 0.0544. The van der Waals surface area contributed by atoms with Crippen molar-refractivity contribution >= 4 is 17.2 Å². The predicted octanol–water partition coefficient (Wildman–Crippen LogP) is 2.83. The van der Waals surface area contributed by atoms with Crippen LogP contribution in [0.2, 0.25) is 0 Å². The summed E-state index contributed by atoms with van der Waals surface area (Å²) in [6, 6.07) is 2.20. The van der Waals surface area contributed by atoms with Gasteiger partial charge in [-0.3, -0.25) is 4.79 Å². The molecule has 0 aliphatic heterocycles. The molecule has 1 aromatic rings. The summed E-state index contributed by atoms with van der Waals surface area (Å²) in [5.74, 6) is 0.526. The van der Waals surface area contributed by atoms with E-state index in [1.807, 2.05) is 25.3 Å². The van der Waals surface area contributed by atoms with E-state index in [1.165, 1.54) is 11.3 Å². The summed E-state index contributed by atoms with van der Waals surface area (Å²) in [6.07, 6.45) is 0. The van der Waals surface area contributed by atoms with Crippen molar-refractivity contribution in [1.29, 1.82) is 0 Å². The van der Waals surface area contributed by atoms with Crippen LogP contribution in [-0.2, 0) is 0 Å². The van der Waals surface area contributed by atoms with Gasteiger partial charge < -0.3 is 5.32 Å². The van der Waals surface area contributed by atoms with Crippen LogP contribution < -0.4 is 5.32 Å². The van der Waals surface area contributed by atoms with E-state index in [1.54, 1.807) is 0 Å². The lowest BCUT2D eigenvalue weighted by Crippen LogP contribution is -2.35. The fraction of sp³-hybridized carbons (Fsp3) is 0.545. The molecule has 0 aliphatic carbocycles. The largest absolute Gasteiger partial charge is 0.349 e. The zero-order chi connectivity index (χ0) is 10.7. The number of thiophene rings is 1. The van der Waals surface area contributed by atoms with Gasteiger partial charge in [0, 0.05) is 6.04 Å². The molecule has 0 fully saturated rings. The normalized spacial score (nSPS) is 12.9. The molecule has 1 heterocycles. The molecule has 0 aliphatic rings. The van der Waals surface area contributed by atoms with Gasteiger partial charge in [-0.2, -0.15) is 0 Å².